The largest absolute Gasteiger partial charge is 0.201 e. The number of aryl methyl sites for hydroxylation is 1. The maximum atomic E-state index is 3.66. The fraction of sp³-hybridized carbons (Fsp3) is 0.222. The Labute approximate surface area is 61.6 Å². The molecule has 0 aromatic carbocycles. The van der Waals surface area contributed by atoms with Crippen LogP contribution in [0.1, 0.15) is 5.56 Å². The van der Waals surface area contributed by atoms with E-state index in [0.717, 1.165) is 6.54 Å². The molecule has 1 heteroatoms. The topological polar surface area (TPSA) is 3.88 Å². The molecule has 52 valence electrons. The van der Waals surface area contributed by atoms with Gasteiger partial charge >= 0.3 is 0 Å². The van der Waals surface area contributed by atoms with Gasteiger partial charge in [0.15, 0.2) is 18.9 Å². The lowest BCUT2D eigenvalue weighted by atomic mass is 10.3. The molecule has 0 bridgehead atoms. The van der Waals surface area contributed by atoms with Crippen molar-refractivity contribution in [3.63, 3.8) is 0 Å². The van der Waals surface area contributed by atoms with Crippen molar-refractivity contribution in [2.45, 2.75) is 13.5 Å². The lowest BCUT2D eigenvalue weighted by Gasteiger charge is -1.90. The Balaban J connectivity index is 2.78. The number of aromatic nitrogens is 1. The van der Waals surface area contributed by atoms with Crippen LogP contribution in [-0.2, 0) is 6.54 Å². The van der Waals surface area contributed by atoms with E-state index < -0.39 is 0 Å². The molecule has 0 unspecified atom stereocenters. The standard InChI is InChI=1S/C9H12N/c1-3-6-10-7-4-9(2)5-8-10/h3-5,7-8H,1,6H2,2H3/q+1. The first-order valence-electron chi connectivity index (χ1n) is 3.39. The van der Waals surface area contributed by atoms with Crippen molar-refractivity contribution in [3.8, 4) is 0 Å². The van der Waals surface area contributed by atoms with Crippen LogP contribution in [0.4, 0.5) is 0 Å². The van der Waals surface area contributed by atoms with Gasteiger partial charge in [0.05, 0.1) is 0 Å². The Morgan fingerprint density at radius 2 is 2.10 bits per heavy atom. The molecule has 1 rings (SSSR count). The van der Waals surface area contributed by atoms with E-state index in [4.69, 9.17) is 0 Å². The Morgan fingerprint density at radius 3 is 2.60 bits per heavy atom. The molecule has 0 aliphatic rings. The van der Waals surface area contributed by atoms with E-state index in [1.807, 2.05) is 6.08 Å². The van der Waals surface area contributed by atoms with Crippen molar-refractivity contribution in [1.29, 1.82) is 0 Å². The van der Waals surface area contributed by atoms with E-state index in [2.05, 4.69) is 42.6 Å². The van der Waals surface area contributed by atoms with Gasteiger partial charge in [-0.15, -0.1) is 0 Å². The zero-order valence-electron chi connectivity index (χ0n) is 6.25. The van der Waals surface area contributed by atoms with E-state index >= 15 is 0 Å². The molecule has 0 aliphatic heterocycles. The van der Waals surface area contributed by atoms with E-state index in [1.54, 1.807) is 0 Å². The third-order valence-electron chi connectivity index (χ3n) is 1.40. The summed E-state index contributed by atoms with van der Waals surface area (Å²) in [5.41, 5.74) is 1.29. The number of nitrogens with zero attached hydrogens (tertiary/aromatic N) is 1. The fourth-order valence-electron chi connectivity index (χ4n) is 0.803. The summed E-state index contributed by atoms with van der Waals surface area (Å²) in [6.45, 7) is 6.63. The van der Waals surface area contributed by atoms with Gasteiger partial charge in [-0.25, -0.2) is 4.57 Å². The highest BCUT2D eigenvalue weighted by Crippen LogP contribution is 1.89. The summed E-state index contributed by atoms with van der Waals surface area (Å²) >= 11 is 0. The van der Waals surface area contributed by atoms with Crippen LogP contribution in [0.5, 0.6) is 0 Å². The van der Waals surface area contributed by atoms with Crippen LogP contribution >= 0.6 is 0 Å². The quantitative estimate of drug-likeness (QED) is 0.426. The molecule has 0 spiro atoms. The zero-order valence-corrected chi connectivity index (χ0v) is 6.25. The van der Waals surface area contributed by atoms with Gasteiger partial charge in [-0.2, -0.15) is 0 Å². The fourth-order valence-corrected chi connectivity index (χ4v) is 0.803. The van der Waals surface area contributed by atoms with Gasteiger partial charge < -0.3 is 0 Å². The van der Waals surface area contributed by atoms with Crippen LogP contribution in [0, 0.1) is 6.92 Å². The second-order valence-corrected chi connectivity index (χ2v) is 2.36. The molecule has 0 amide bonds. The summed E-state index contributed by atoms with van der Waals surface area (Å²) in [5, 5.41) is 0. The summed E-state index contributed by atoms with van der Waals surface area (Å²) in [5.74, 6) is 0. The molecule has 1 aromatic heterocycles. The highest BCUT2D eigenvalue weighted by molar-refractivity contribution is 5.03. The highest BCUT2D eigenvalue weighted by atomic mass is 14.9. The first-order valence-corrected chi connectivity index (χ1v) is 3.39. The molecule has 0 fully saturated rings. The summed E-state index contributed by atoms with van der Waals surface area (Å²) in [6.07, 6.45) is 5.99. The van der Waals surface area contributed by atoms with Crippen LogP contribution in [0.15, 0.2) is 37.2 Å². The lowest BCUT2D eigenvalue weighted by Crippen LogP contribution is -2.31. The molecule has 0 radical (unpaired) electrons. The molecule has 0 saturated carbocycles. The number of pyridine rings is 1. The van der Waals surface area contributed by atoms with Crippen LogP contribution in [0.25, 0.3) is 0 Å². The van der Waals surface area contributed by atoms with Crippen molar-refractivity contribution < 1.29 is 4.57 Å². The maximum absolute atomic E-state index is 3.66. The first kappa shape index (κ1) is 7.00. The van der Waals surface area contributed by atoms with E-state index in [1.165, 1.54) is 5.56 Å². The summed E-state index contributed by atoms with van der Waals surface area (Å²) < 4.78 is 2.08. The molecule has 1 heterocycles. The molecular weight excluding hydrogens is 122 g/mol. The number of hydrogen-bond acceptors (Lipinski definition) is 0. The highest BCUT2D eigenvalue weighted by Gasteiger charge is 1.92. The Morgan fingerprint density at radius 1 is 1.50 bits per heavy atom. The smallest absolute Gasteiger partial charge is 0.169 e. The average molecular weight is 134 g/mol. The van der Waals surface area contributed by atoms with Gasteiger partial charge in [0.1, 0.15) is 0 Å². The Kier molecular flexibility index (Phi) is 2.21. The minimum Gasteiger partial charge on any atom is -0.201 e. The van der Waals surface area contributed by atoms with Gasteiger partial charge in [-0.05, 0) is 18.6 Å². The van der Waals surface area contributed by atoms with Gasteiger partial charge in [0.25, 0.3) is 0 Å². The summed E-state index contributed by atoms with van der Waals surface area (Å²) in [4.78, 5) is 0. The third kappa shape index (κ3) is 1.69. The van der Waals surface area contributed by atoms with Crippen molar-refractivity contribution in [3.05, 3.63) is 42.7 Å². The second kappa shape index (κ2) is 3.16. The summed E-state index contributed by atoms with van der Waals surface area (Å²) in [7, 11) is 0. The third-order valence-corrected chi connectivity index (χ3v) is 1.40. The number of allylic oxidation sites excluding steroid dienone is 1. The molecule has 1 aromatic rings. The molecular formula is C9H12N+. The van der Waals surface area contributed by atoms with Crippen molar-refractivity contribution in [2.24, 2.45) is 0 Å². The van der Waals surface area contributed by atoms with Gasteiger partial charge in [0, 0.05) is 12.1 Å². The monoisotopic (exact) mass is 134 g/mol. The Hall–Kier alpha value is -1.11. The zero-order chi connectivity index (χ0) is 7.40. The minimum absolute atomic E-state index is 0.889. The van der Waals surface area contributed by atoms with Crippen LogP contribution in [-0.4, -0.2) is 0 Å². The normalized spacial score (nSPS) is 9.30. The van der Waals surface area contributed by atoms with Crippen LogP contribution in [0.3, 0.4) is 0 Å². The SMILES string of the molecule is C=CC[n+]1ccc(C)cc1. The molecule has 0 saturated heterocycles. The molecule has 0 N–H and O–H groups in total. The van der Waals surface area contributed by atoms with Gasteiger partial charge in [-0.3, -0.25) is 0 Å². The number of rotatable bonds is 2. The average Bonchev–Trinajstić information content (AvgIpc) is 1.95. The maximum Gasteiger partial charge on any atom is 0.169 e. The van der Waals surface area contributed by atoms with Crippen LogP contribution in [0.2, 0.25) is 0 Å². The van der Waals surface area contributed by atoms with Crippen molar-refractivity contribution in [1.82, 2.24) is 0 Å². The number of hydrogen-bond donors (Lipinski definition) is 0. The van der Waals surface area contributed by atoms with Crippen molar-refractivity contribution >= 4 is 0 Å². The second-order valence-electron chi connectivity index (χ2n) is 2.36. The van der Waals surface area contributed by atoms with Gasteiger partial charge in [-0.1, -0.05) is 6.58 Å². The van der Waals surface area contributed by atoms with Crippen LogP contribution < -0.4 is 4.57 Å². The molecule has 10 heavy (non-hydrogen) atoms. The molecule has 0 atom stereocenters. The predicted molar refractivity (Wildman–Crippen MR) is 41.6 cm³/mol. The first-order chi connectivity index (χ1) is 4.83. The molecule has 0 aliphatic carbocycles. The lowest BCUT2D eigenvalue weighted by molar-refractivity contribution is -0.687. The van der Waals surface area contributed by atoms with Gasteiger partial charge in [0.2, 0.25) is 0 Å². The molecule has 1 nitrogen and oxygen atoms in total. The Bertz CT molecular complexity index is 211. The summed E-state index contributed by atoms with van der Waals surface area (Å²) in [6, 6.07) is 4.17. The minimum atomic E-state index is 0.889. The van der Waals surface area contributed by atoms with E-state index in [0.29, 0.717) is 0 Å². The van der Waals surface area contributed by atoms with Crippen molar-refractivity contribution in [2.75, 3.05) is 0 Å². The van der Waals surface area contributed by atoms with E-state index in [-0.39, 0.29) is 0 Å². The predicted octanol–water partition coefficient (Wildman–Crippen LogP) is 1.47. The van der Waals surface area contributed by atoms with E-state index in [9.17, 15) is 0 Å².